The molecule has 0 atom stereocenters. The van der Waals surface area contributed by atoms with Crippen LogP contribution in [0.15, 0.2) is 226 Å². The maximum atomic E-state index is 4.36. The molecule has 11 rings (SSSR count). The Kier molecular flexibility index (Phi) is 289. The van der Waals surface area contributed by atoms with E-state index in [1.165, 1.54) is 91.5 Å². The van der Waals surface area contributed by atoms with Crippen molar-refractivity contribution in [3.8, 4) is 0 Å². The van der Waals surface area contributed by atoms with Gasteiger partial charge in [0.05, 0.1) is 18.6 Å². The smallest absolute Gasteiger partial charge is 0.213 e. The predicted molar refractivity (Wildman–Crippen MR) is 569 cm³/mol. The van der Waals surface area contributed by atoms with Gasteiger partial charge >= 0.3 is 0 Å². The van der Waals surface area contributed by atoms with Gasteiger partial charge in [0.1, 0.15) is 30.7 Å². The molecule has 0 aliphatic carbocycles. The van der Waals surface area contributed by atoms with Crippen molar-refractivity contribution >= 4 is 34.6 Å². The first-order chi connectivity index (χ1) is 59.8. The minimum absolute atomic E-state index is 0.500. The van der Waals surface area contributed by atoms with Gasteiger partial charge in [-0.25, -0.2) is 24.3 Å². The highest BCUT2D eigenvalue weighted by Crippen LogP contribution is 2.08. The quantitative estimate of drug-likeness (QED) is 0.136. The molecule has 0 N–H and O–H groups in total. The largest absolute Gasteiger partial charge is 0.431 e. The molecule has 0 radical (unpaired) electrons. The Labute approximate surface area is 797 Å². The summed E-state index contributed by atoms with van der Waals surface area (Å²) in [6.45, 7) is 118. The van der Waals surface area contributed by atoms with Crippen LogP contribution in [-0.2, 0) is 0 Å². The van der Waals surface area contributed by atoms with Crippen LogP contribution in [0.1, 0.15) is 388 Å². The molecular weight excluding hydrogens is 1630 g/mol. The van der Waals surface area contributed by atoms with Gasteiger partial charge in [-0.1, -0.05) is 415 Å². The minimum Gasteiger partial charge on any atom is -0.431 e. The Morgan fingerprint density at radius 2 is 0.548 bits per heavy atom. The van der Waals surface area contributed by atoms with Gasteiger partial charge in [-0.2, -0.15) is 4.37 Å². The molecule has 0 fully saturated rings. The van der Waals surface area contributed by atoms with Crippen molar-refractivity contribution in [3.63, 3.8) is 0 Å². The van der Waals surface area contributed by atoms with Gasteiger partial charge < -0.3 is 18.0 Å². The molecule has 11 aromatic rings. The van der Waals surface area contributed by atoms with Crippen molar-refractivity contribution in [3.05, 3.63) is 208 Å². The van der Waals surface area contributed by atoms with Crippen molar-refractivity contribution in [1.29, 1.82) is 0 Å². The summed E-state index contributed by atoms with van der Waals surface area (Å²) in [6.07, 6.45) is 34.5. The average Bonchev–Trinajstić information content (AvgIpc) is 2.03. The molecule has 22 nitrogen and oxygen atoms in total. The van der Waals surface area contributed by atoms with Crippen molar-refractivity contribution in [2.75, 3.05) is 0 Å². The molecule has 0 aliphatic heterocycles. The molecule has 0 aromatic carbocycles. The summed E-state index contributed by atoms with van der Waals surface area (Å²) in [7, 11) is 0. The molecule has 0 unspecified atom stereocenters. The summed E-state index contributed by atoms with van der Waals surface area (Å²) in [6, 6.07) is 16.8. The van der Waals surface area contributed by atoms with Crippen LogP contribution >= 0.6 is 34.6 Å². The zero-order valence-corrected chi connectivity index (χ0v) is 95.3. The molecule has 0 bridgehead atoms. The fourth-order valence-corrected chi connectivity index (χ4v) is 3.06. The van der Waals surface area contributed by atoms with E-state index in [0.29, 0.717) is 5.41 Å². The Hall–Kier alpha value is -8.16. The molecule has 11 heterocycles. The van der Waals surface area contributed by atoms with Gasteiger partial charge in [0.2, 0.25) is 19.2 Å². The molecule has 11 aromatic heterocycles. The summed E-state index contributed by atoms with van der Waals surface area (Å²) in [4.78, 5) is 29.4. The number of hydrogen-bond donors (Lipinski definition) is 0. The van der Waals surface area contributed by atoms with Crippen LogP contribution in [0.4, 0.5) is 0 Å². The van der Waals surface area contributed by atoms with E-state index in [9.17, 15) is 0 Å². The monoisotopic (exact) mass is 1840 g/mol. The highest BCUT2D eigenvalue weighted by Gasteiger charge is 1.95. The Bertz CT molecular complexity index is 1960. The summed E-state index contributed by atoms with van der Waals surface area (Å²) >= 11 is 4.17. The molecule has 0 saturated heterocycles. The fraction of sp³-hybridized carbons (Fsp3) is 0.663. The van der Waals surface area contributed by atoms with Gasteiger partial charge in [0.25, 0.3) is 0 Å². The molecule has 25 heteroatoms. The first-order valence-corrected chi connectivity index (χ1v) is 48.6. The lowest BCUT2D eigenvalue weighted by molar-refractivity contribution is 0.393. The maximum Gasteiger partial charge on any atom is 0.213 e. The fourth-order valence-electron chi connectivity index (χ4n) is 2.16. The topological polar surface area (TPSA) is 285 Å². The molecule has 126 heavy (non-hydrogen) atoms. The normalized spacial score (nSPS) is 7.60. The lowest BCUT2D eigenvalue weighted by atomic mass is 10.0. The van der Waals surface area contributed by atoms with E-state index in [-0.39, 0.29) is 0 Å². The standard InChI is InChI=1S/2C5H5N.C5H12.2C4H4N2.10C4H10.C3H3NO.C3H3NS.3C2H2N2O.2C2H2N2S.11C2H6/c2*1-2-4-6-5-3-1;1-5(2,3)4;1-2-6-4-3-5-1;1-2-5-4-6-3-1;10*1-4(2)3;2*1-2-4-5-3-1;1-3-4-2-5-1;1-3-2-5-4-1;1-2-5-4-3-1;1-3-2-5-4-1;1-2-5-4-3-1;11*1-2/h2*1-5H;1-4H3;2*1-4H;10*4H,1-3H3;2*1-3H;5*1-2H;11*1-2H3. The highest BCUT2D eigenvalue weighted by molar-refractivity contribution is 7.03. The molecular formula is C101H212N18O4S3. The first-order valence-electron chi connectivity index (χ1n) is 46.1. The zero-order chi connectivity index (χ0) is 104. The van der Waals surface area contributed by atoms with Crippen LogP contribution in [0, 0.1) is 64.6 Å². The van der Waals surface area contributed by atoms with Crippen LogP contribution in [0.25, 0.3) is 0 Å². The Balaban J connectivity index is -0.0000000446. The summed E-state index contributed by atoms with van der Waals surface area (Å²) in [5, 5.41) is 26.8. The molecule has 0 saturated carbocycles. The van der Waals surface area contributed by atoms with E-state index in [4.69, 9.17) is 0 Å². The zero-order valence-electron chi connectivity index (χ0n) is 92.8. The van der Waals surface area contributed by atoms with Crippen LogP contribution in [0.5, 0.6) is 0 Å². The second kappa shape index (κ2) is 208. The van der Waals surface area contributed by atoms with E-state index in [1.54, 1.807) is 98.2 Å². The predicted octanol–water partition coefficient (Wildman–Crippen LogP) is 36.2. The summed E-state index contributed by atoms with van der Waals surface area (Å²) < 4.78 is 28.1. The number of nitrogens with zero attached hydrogens (tertiary/aromatic N) is 18. The minimum atomic E-state index is 0.500. The van der Waals surface area contributed by atoms with Gasteiger partial charge in [-0.05, 0) is 142 Å². The third kappa shape index (κ3) is 591. The molecule has 748 valence electrons. The molecule has 0 spiro atoms. The van der Waals surface area contributed by atoms with Crippen LogP contribution < -0.4 is 0 Å². The van der Waals surface area contributed by atoms with E-state index in [0.717, 1.165) is 59.2 Å². The van der Waals surface area contributed by atoms with Crippen LogP contribution in [-0.4, -0.2) is 89.1 Å². The number of hydrogen-bond acceptors (Lipinski definition) is 25. The average molecular weight is 1840 g/mol. The maximum absolute atomic E-state index is 4.36. The van der Waals surface area contributed by atoms with Crippen LogP contribution in [0.2, 0.25) is 0 Å². The first kappa shape index (κ1) is 175. The molecule has 0 aliphatic rings. The summed E-state index contributed by atoms with van der Waals surface area (Å²) in [5.41, 5.74) is 2.18. The van der Waals surface area contributed by atoms with E-state index >= 15 is 0 Å². The second-order valence-electron chi connectivity index (χ2n) is 28.5. The van der Waals surface area contributed by atoms with Gasteiger partial charge in [-0.15, -0.1) is 20.4 Å². The lowest BCUT2D eigenvalue weighted by Gasteiger charge is -2.05. The van der Waals surface area contributed by atoms with Gasteiger partial charge in [0, 0.05) is 84.2 Å². The van der Waals surface area contributed by atoms with E-state index in [2.05, 4.69) is 342 Å². The SMILES string of the molecule is CC.CC.CC.CC.CC.CC.CC.CC.CC.CC.CC.CC(C)(C)C.CC(C)C.CC(C)C.CC(C)C.CC(C)C.CC(C)C.CC(C)C.CC(C)C.CC(C)C.CC(C)C.CC(C)C.c1ccncc1.c1ccncc1.c1cnccn1.c1cncnc1.c1cnoc1.c1cnsc1.c1conn1.c1csnn1.c1ncon1.c1ncsn1.c1nnco1. The van der Waals surface area contributed by atoms with Crippen molar-refractivity contribution in [2.24, 2.45) is 64.6 Å². The third-order valence-electron chi connectivity index (χ3n) is 4.20. The number of aromatic nitrogens is 18. The van der Waals surface area contributed by atoms with Crippen molar-refractivity contribution in [2.45, 2.75) is 388 Å². The van der Waals surface area contributed by atoms with Gasteiger partial charge in [-0.3, -0.25) is 19.9 Å². The highest BCUT2D eigenvalue weighted by atomic mass is 32.1. The Morgan fingerprint density at radius 1 is 0.222 bits per heavy atom. The lowest BCUT2D eigenvalue weighted by Crippen LogP contribution is -1.93. The van der Waals surface area contributed by atoms with Crippen LogP contribution in [0.3, 0.4) is 0 Å². The summed E-state index contributed by atoms with van der Waals surface area (Å²) in [5.74, 6) is 8.33. The Morgan fingerprint density at radius 3 is 0.627 bits per heavy atom. The number of rotatable bonds is 0. The van der Waals surface area contributed by atoms with Gasteiger partial charge in [0.15, 0.2) is 6.33 Å². The third-order valence-corrected chi connectivity index (χ3v) is 5.58. The van der Waals surface area contributed by atoms with Crippen molar-refractivity contribution < 1.29 is 18.0 Å². The number of pyridine rings is 2. The molecule has 0 amide bonds. The van der Waals surface area contributed by atoms with E-state index < -0.39 is 0 Å². The van der Waals surface area contributed by atoms with Crippen molar-refractivity contribution in [1.82, 2.24) is 89.1 Å². The second-order valence-corrected chi connectivity index (χ2v) is 30.4. The van der Waals surface area contributed by atoms with E-state index in [1.807, 2.05) is 206 Å².